The van der Waals surface area contributed by atoms with Crippen molar-refractivity contribution >= 4 is 11.8 Å². The number of hydrogen-bond acceptors (Lipinski definition) is 2. The van der Waals surface area contributed by atoms with E-state index in [9.17, 15) is 0 Å². The van der Waals surface area contributed by atoms with Crippen LogP contribution in [-0.2, 0) is 5.75 Å². The first kappa shape index (κ1) is 10.2. The van der Waals surface area contributed by atoms with Gasteiger partial charge in [0.15, 0.2) is 0 Å². The van der Waals surface area contributed by atoms with Crippen LogP contribution in [0.5, 0.6) is 0 Å². The van der Waals surface area contributed by atoms with Gasteiger partial charge in [-0.3, -0.25) is 0 Å². The SMILES string of the molecule is CSCc1cccc(C#CCN)c1. The predicted octanol–water partition coefficient (Wildman–Crippen LogP) is 1.86. The van der Waals surface area contributed by atoms with E-state index in [0.717, 1.165) is 11.3 Å². The molecule has 13 heavy (non-hydrogen) atoms. The zero-order valence-electron chi connectivity index (χ0n) is 7.71. The summed E-state index contributed by atoms with van der Waals surface area (Å²) in [5.74, 6) is 6.90. The molecule has 1 aromatic rings. The van der Waals surface area contributed by atoms with E-state index in [1.54, 1.807) is 0 Å². The van der Waals surface area contributed by atoms with Crippen molar-refractivity contribution in [3.05, 3.63) is 35.4 Å². The van der Waals surface area contributed by atoms with Crippen LogP contribution < -0.4 is 5.73 Å². The summed E-state index contributed by atoms with van der Waals surface area (Å²) in [5, 5.41) is 0. The molecule has 0 aliphatic heterocycles. The van der Waals surface area contributed by atoms with Crippen LogP contribution in [-0.4, -0.2) is 12.8 Å². The number of benzene rings is 1. The molecule has 2 heteroatoms. The Morgan fingerprint density at radius 2 is 2.31 bits per heavy atom. The standard InChI is InChI=1S/C11H13NS/c1-13-9-11-5-2-4-10(8-11)6-3-7-12/h2,4-5,8H,7,9,12H2,1H3. The average Bonchev–Trinajstić information content (AvgIpc) is 2.16. The van der Waals surface area contributed by atoms with E-state index in [1.165, 1.54) is 5.56 Å². The third-order valence-electron chi connectivity index (χ3n) is 1.57. The van der Waals surface area contributed by atoms with Gasteiger partial charge in [0, 0.05) is 11.3 Å². The van der Waals surface area contributed by atoms with E-state index in [-0.39, 0.29) is 0 Å². The quantitative estimate of drug-likeness (QED) is 0.722. The largest absolute Gasteiger partial charge is 0.320 e. The number of hydrogen-bond donors (Lipinski definition) is 1. The molecule has 1 aromatic carbocycles. The Morgan fingerprint density at radius 3 is 3.00 bits per heavy atom. The Balaban J connectivity index is 2.79. The van der Waals surface area contributed by atoms with Gasteiger partial charge in [0.2, 0.25) is 0 Å². The van der Waals surface area contributed by atoms with E-state index >= 15 is 0 Å². The van der Waals surface area contributed by atoms with Crippen LogP contribution in [0.25, 0.3) is 0 Å². The second kappa shape index (κ2) is 5.69. The molecule has 0 spiro atoms. The van der Waals surface area contributed by atoms with Gasteiger partial charge in [-0.25, -0.2) is 0 Å². The third kappa shape index (κ3) is 3.54. The van der Waals surface area contributed by atoms with Crippen molar-refractivity contribution < 1.29 is 0 Å². The monoisotopic (exact) mass is 191 g/mol. The minimum Gasteiger partial charge on any atom is -0.320 e. The fourth-order valence-corrected chi connectivity index (χ4v) is 1.57. The highest BCUT2D eigenvalue weighted by Crippen LogP contribution is 2.10. The van der Waals surface area contributed by atoms with Crippen LogP contribution in [0, 0.1) is 11.8 Å². The Morgan fingerprint density at radius 1 is 1.46 bits per heavy atom. The van der Waals surface area contributed by atoms with Crippen LogP contribution >= 0.6 is 11.8 Å². The van der Waals surface area contributed by atoms with Gasteiger partial charge in [-0.05, 0) is 24.0 Å². The molecule has 0 fully saturated rings. The number of rotatable bonds is 2. The minimum absolute atomic E-state index is 0.423. The van der Waals surface area contributed by atoms with Gasteiger partial charge in [-0.1, -0.05) is 24.0 Å². The van der Waals surface area contributed by atoms with Crippen LogP contribution in [0.15, 0.2) is 24.3 Å². The third-order valence-corrected chi connectivity index (χ3v) is 2.19. The zero-order chi connectivity index (χ0) is 9.52. The number of thioether (sulfide) groups is 1. The lowest BCUT2D eigenvalue weighted by molar-refractivity contribution is 1.30. The summed E-state index contributed by atoms with van der Waals surface area (Å²) in [6.45, 7) is 0.423. The summed E-state index contributed by atoms with van der Waals surface area (Å²) >= 11 is 1.81. The second-order valence-electron chi connectivity index (χ2n) is 2.64. The highest BCUT2D eigenvalue weighted by Gasteiger charge is 1.91. The molecular weight excluding hydrogens is 178 g/mol. The molecule has 0 unspecified atom stereocenters. The van der Waals surface area contributed by atoms with Crippen LogP contribution in [0.1, 0.15) is 11.1 Å². The van der Waals surface area contributed by atoms with Crippen molar-refractivity contribution in [3.8, 4) is 11.8 Å². The molecule has 0 aliphatic rings. The van der Waals surface area contributed by atoms with Crippen molar-refractivity contribution in [2.75, 3.05) is 12.8 Å². The first-order valence-corrected chi connectivity index (χ1v) is 5.53. The molecule has 0 saturated carbocycles. The van der Waals surface area contributed by atoms with Crippen LogP contribution in [0.4, 0.5) is 0 Å². The normalized spacial score (nSPS) is 9.08. The molecule has 68 valence electrons. The lowest BCUT2D eigenvalue weighted by atomic mass is 10.1. The average molecular weight is 191 g/mol. The molecule has 0 heterocycles. The molecule has 0 bridgehead atoms. The summed E-state index contributed by atoms with van der Waals surface area (Å²) in [5.41, 5.74) is 7.66. The molecule has 0 radical (unpaired) electrons. The summed E-state index contributed by atoms with van der Waals surface area (Å²) < 4.78 is 0. The fourth-order valence-electron chi connectivity index (χ4n) is 1.06. The van der Waals surface area contributed by atoms with Gasteiger partial charge in [0.1, 0.15) is 0 Å². The topological polar surface area (TPSA) is 26.0 Å². The molecular formula is C11H13NS. The Kier molecular flexibility index (Phi) is 4.45. The van der Waals surface area contributed by atoms with E-state index < -0.39 is 0 Å². The Labute approximate surface area is 83.7 Å². The molecule has 0 amide bonds. The van der Waals surface area contributed by atoms with Gasteiger partial charge in [-0.15, -0.1) is 0 Å². The first-order chi connectivity index (χ1) is 6.36. The van der Waals surface area contributed by atoms with E-state index in [2.05, 4.69) is 30.2 Å². The fraction of sp³-hybridized carbons (Fsp3) is 0.273. The lowest BCUT2D eigenvalue weighted by Gasteiger charge is -1.97. The van der Waals surface area contributed by atoms with Gasteiger partial charge >= 0.3 is 0 Å². The molecule has 1 nitrogen and oxygen atoms in total. The van der Waals surface area contributed by atoms with Crippen molar-refractivity contribution in [3.63, 3.8) is 0 Å². The van der Waals surface area contributed by atoms with Crippen LogP contribution in [0.3, 0.4) is 0 Å². The summed E-state index contributed by atoms with van der Waals surface area (Å²) in [6, 6.07) is 8.27. The lowest BCUT2D eigenvalue weighted by Crippen LogP contribution is -1.93. The van der Waals surface area contributed by atoms with Crippen molar-refractivity contribution in [1.82, 2.24) is 0 Å². The highest BCUT2D eigenvalue weighted by molar-refractivity contribution is 7.97. The van der Waals surface area contributed by atoms with Crippen molar-refractivity contribution in [1.29, 1.82) is 0 Å². The predicted molar refractivity (Wildman–Crippen MR) is 59.6 cm³/mol. The number of nitrogens with two attached hydrogens (primary N) is 1. The van der Waals surface area contributed by atoms with Crippen molar-refractivity contribution in [2.45, 2.75) is 5.75 Å². The maximum absolute atomic E-state index is 5.30. The van der Waals surface area contributed by atoms with Gasteiger partial charge < -0.3 is 5.73 Å². The molecule has 0 atom stereocenters. The molecule has 0 saturated heterocycles. The van der Waals surface area contributed by atoms with Gasteiger partial charge in [0.25, 0.3) is 0 Å². The second-order valence-corrected chi connectivity index (χ2v) is 3.51. The highest BCUT2D eigenvalue weighted by atomic mass is 32.2. The first-order valence-electron chi connectivity index (χ1n) is 4.13. The Hall–Kier alpha value is -0.910. The van der Waals surface area contributed by atoms with Gasteiger partial charge in [-0.2, -0.15) is 11.8 Å². The van der Waals surface area contributed by atoms with E-state index in [4.69, 9.17) is 5.73 Å². The maximum Gasteiger partial charge on any atom is 0.0555 e. The minimum atomic E-state index is 0.423. The zero-order valence-corrected chi connectivity index (χ0v) is 8.53. The summed E-state index contributed by atoms with van der Waals surface area (Å²) in [6.07, 6.45) is 2.10. The Bertz CT molecular complexity index is 322. The van der Waals surface area contributed by atoms with Crippen LogP contribution in [0.2, 0.25) is 0 Å². The molecule has 1 rings (SSSR count). The van der Waals surface area contributed by atoms with Gasteiger partial charge in [0.05, 0.1) is 6.54 Å². The van der Waals surface area contributed by atoms with E-state index in [0.29, 0.717) is 6.54 Å². The van der Waals surface area contributed by atoms with E-state index in [1.807, 2.05) is 23.9 Å². The van der Waals surface area contributed by atoms with Crippen molar-refractivity contribution in [2.24, 2.45) is 5.73 Å². The maximum atomic E-state index is 5.30. The smallest absolute Gasteiger partial charge is 0.0555 e. The molecule has 2 N–H and O–H groups in total. The summed E-state index contributed by atoms with van der Waals surface area (Å²) in [4.78, 5) is 0. The molecule has 0 aliphatic carbocycles. The molecule has 0 aromatic heterocycles. The summed E-state index contributed by atoms with van der Waals surface area (Å²) in [7, 11) is 0.